The van der Waals surface area contributed by atoms with Gasteiger partial charge in [-0.25, -0.2) is 0 Å². The van der Waals surface area contributed by atoms with Crippen LogP contribution in [0.1, 0.15) is 22.8 Å². The minimum atomic E-state index is -0.315. The Labute approximate surface area is 117 Å². The first-order chi connectivity index (χ1) is 9.02. The first-order valence-electron chi connectivity index (χ1n) is 6.32. The molecule has 19 heavy (non-hydrogen) atoms. The minimum Gasteiger partial charge on any atom is -0.394 e. The van der Waals surface area contributed by atoms with Gasteiger partial charge in [-0.2, -0.15) is 0 Å². The number of hydrogen-bond acceptors (Lipinski definition) is 3. The molecule has 1 fully saturated rings. The van der Waals surface area contributed by atoms with Crippen LogP contribution in [0.2, 0.25) is 5.02 Å². The van der Waals surface area contributed by atoms with Crippen molar-refractivity contribution >= 4 is 17.5 Å². The number of halogens is 1. The summed E-state index contributed by atoms with van der Waals surface area (Å²) in [5, 5.41) is 9.61. The number of amides is 1. The summed E-state index contributed by atoms with van der Waals surface area (Å²) in [7, 11) is 0. The lowest BCUT2D eigenvalue weighted by Gasteiger charge is -2.37. The Kier molecular flexibility index (Phi) is 4.45. The molecule has 0 aromatic heterocycles. The number of ether oxygens (including phenoxy) is 1. The molecule has 1 N–H and O–H groups in total. The van der Waals surface area contributed by atoms with Crippen LogP contribution in [0.4, 0.5) is 0 Å². The lowest BCUT2D eigenvalue weighted by molar-refractivity contribution is -0.0667. The summed E-state index contributed by atoms with van der Waals surface area (Å²) in [6.45, 7) is 4.59. The Morgan fingerprint density at radius 3 is 2.95 bits per heavy atom. The molecular formula is C14H18ClNO3. The molecule has 5 heteroatoms. The summed E-state index contributed by atoms with van der Waals surface area (Å²) in [5.41, 5.74) is 1.52. The molecule has 1 aromatic rings. The molecule has 4 nitrogen and oxygen atoms in total. The van der Waals surface area contributed by atoms with Crippen LogP contribution < -0.4 is 0 Å². The van der Waals surface area contributed by atoms with E-state index in [0.29, 0.717) is 23.7 Å². The largest absolute Gasteiger partial charge is 0.394 e. The fourth-order valence-corrected chi connectivity index (χ4v) is 2.48. The summed E-state index contributed by atoms with van der Waals surface area (Å²) < 4.78 is 5.43. The van der Waals surface area contributed by atoms with Crippen molar-refractivity contribution in [2.24, 2.45) is 0 Å². The maximum Gasteiger partial charge on any atom is 0.255 e. The van der Waals surface area contributed by atoms with E-state index < -0.39 is 0 Å². The van der Waals surface area contributed by atoms with Crippen LogP contribution in [0.3, 0.4) is 0 Å². The summed E-state index contributed by atoms with van der Waals surface area (Å²) in [6.07, 6.45) is -0.315. The zero-order chi connectivity index (χ0) is 14.0. The van der Waals surface area contributed by atoms with Gasteiger partial charge in [0.2, 0.25) is 0 Å². The highest BCUT2D eigenvalue weighted by Gasteiger charge is 2.30. The average molecular weight is 284 g/mol. The van der Waals surface area contributed by atoms with E-state index in [9.17, 15) is 4.79 Å². The van der Waals surface area contributed by atoms with E-state index in [2.05, 4.69) is 0 Å². The monoisotopic (exact) mass is 283 g/mol. The normalized spacial score (nSPS) is 23.5. The predicted octanol–water partition coefficient (Wildman–Crippen LogP) is 1.87. The highest BCUT2D eigenvalue weighted by Crippen LogP contribution is 2.22. The molecular weight excluding hydrogens is 266 g/mol. The van der Waals surface area contributed by atoms with Crippen molar-refractivity contribution in [2.45, 2.75) is 26.0 Å². The van der Waals surface area contributed by atoms with Gasteiger partial charge in [0, 0.05) is 6.54 Å². The molecule has 0 saturated carbocycles. The number of nitrogens with zero attached hydrogens (tertiary/aromatic N) is 1. The maximum atomic E-state index is 12.5. The lowest BCUT2D eigenvalue weighted by Crippen LogP contribution is -2.52. The molecule has 1 aliphatic heterocycles. The SMILES string of the molecule is Cc1ccc(C(=O)N2CC(CO)OCC2C)c(Cl)c1. The third-order valence-corrected chi connectivity index (χ3v) is 3.64. The molecule has 2 atom stereocenters. The van der Waals surface area contributed by atoms with Crippen molar-refractivity contribution in [3.63, 3.8) is 0 Å². The summed E-state index contributed by atoms with van der Waals surface area (Å²) in [5.74, 6) is -0.112. The van der Waals surface area contributed by atoms with Gasteiger partial charge in [-0.3, -0.25) is 4.79 Å². The molecule has 1 heterocycles. The van der Waals surface area contributed by atoms with Gasteiger partial charge in [-0.05, 0) is 31.5 Å². The summed E-state index contributed by atoms with van der Waals surface area (Å²) in [6, 6.07) is 5.38. The van der Waals surface area contributed by atoms with E-state index in [0.717, 1.165) is 5.56 Å². The Bertz CT molecular complexity index is 478. The Morgan fingerprint density at radius 1 is 1.58 bits per heavy atom. The second kappa shape index (κ2) is 5.90. The second-order valence-corrected chi connectivity index (χ2v) is 5.33. The van der Waals surface area contributed by atoms with E-state index in [1.54, 1.807) is 17.0 Å². The van der Waals surface area contributed by atoms with Gasteiger partial charge >= 0.3 is 0 Å². The number of rotatable bonds is 2. The molecule has 1 amide bonds. The minimum absolute atomic E-state index is 0.0207. The van der Waals surface area contributed by atoms with Crippen LogP contribution in [0.25, 0.3) is 0 Å². The van der Waals surface area contributed by atoms with E-state index in [1.165, 1.54) is 0 Å². The topological polar surface area (TPSA) is 49.8 Å². The lowest BCUT2D eigenvalue weighted by atomic mass is 10.1. The number of carbonyl (C=O) groups excluding carboxylic acids is 1. The van der Waals surface area contributed by atoms with Gasteiger partial charge in [-0.1, -0.05) is 17.7 Å². The van der Waals surface area contributed by atoms with Crippen molar-refractivity contribution < 1.29 is 14.6 Å². The number of benzene rings is 1. The zero-order valence-electron chi connectivity index (χ0n) is 11.1. The standard InChI is InChI=1S/C14H18ClNO3/c1-9-3-4-12(13(15)5-9)14(18)16-6-11(7-17)19-8-10(16)2/h3-5,10-11,17H,6-8H2,1-2H3. The average Bonchev–Trinajstić information content (AvgIpc) is 2.38. The van der Waals surface area contributed by atoms with Gasteiger partial charge < -0.3 is 14.7 Å². The molecule has 2 rings (SSSR count). The molecule has 1 aliphatic rings. The Morgan fingerprint density at radius 2 is 2.32 bits per heavy atom. The zero-order valence-corrected chi connectivity index (χ0v) is 11.9. The number of aliphatic hydroxyl groups is 1. The van der Waals surface area contributed by atoms with Gasteiger partial charge in [0.1, 0.15) is 0 Å². The quantitative estimate of drug-likeness (QED) is 0.901. The van der Waals surface area contributed by atoms with Crippen molar-refractivity contribution in [3.8, 4) is 0 Å². The molecule has 0 radical (unpaired) electrons. The molecule has 104 valence electrons. The number of hydrogen-bond donors (Lipinski definition) is 1. The molecule has 2 unspecified atom stereocenters. The van der Waals surface area contributed by atoms with Gasteiger partial charge in [-0.15, -0.1) is 0 Å². The van der Waals surface area contributed by atoms with Crippen LogP contribution in [0.15, 0.2) is 18.2 Å². The summed E-state index contributed by atoms with van der Waals surface area (Å²) >= 11 is 6.13. The van der Waals surface area contributed by atoms with Gasteiger partial charge in [0.25, 0.3) is 5.91 Å². The first-order valence-corrected chi connectivity index (χ1v) is 6.70. The van der Waals surface area contributed by atoms with Gasteiger partial charge in [0.15, 0.2) is 0 Å². The predicted molar refractivity (Wildman–Crippen MR) is 73.5 cm³/mol. The number of morpholine rings is 1. The van der Waals surface area contributed by atoms with Crippen molar-refractivity contribution in [1.29, 1.82) is 0 Å². The van der Waals surface area contributed by atoms with Crippen molar-refractivity contribution in [2.75, 3.05) is 19.8 Å². The maximum absolute atomic E-state index is 12.5. The third-order valence-electron chi connectivity index (χ3n) is 3.33. The number of aliphatic hydroxyl groups excluding tert-OH is 1. The van der Waals surface area contributed by atoms with E-state index in [-0.39, 0.29) is 24.7 Å². The van der Waals surface area contributed by atoms with Crippen LogP contribution >= 0.6 is 11.6 Å². The van der Waals surface area contributed by atoms with Crippen LogP contribution in [0, 0.1) is 6.92 Å². The molecule has 1 saturated heterocycles. The van der Waals surface area contributed by atoms with Gasteiger partial charge in [0.05, 0.1) is 35.9 Å². The number of aryl methyl sites for hydroxylation is 1. The van der Waals surface area contributed by atoms with E-state index in [1.807, 2.05) is 19.9 Å². The van der Waals surface area contributed by atoms with E-state index in [4.69, 9.17) is 21.4 Å². The van der Waals surface area contributed by atoms with Crippen LogP contribution in [-0.2, 0) is 4.74 Å². The third kappa shape index (κ3) is 3.08. The highest BCUT2D eigenvalue weighted by atomic mass is 35.5. The first kappa shape index (κ1) is 14.3. The smallest absolute Gasteiger partial charge is 0.255 e. The van der Waals surface area contributed by atoms with Crippen LogP contribution in [-0.4, -0.2) is 47.8 Å². The second-order valence-electron chi connectivity index (χ2n) is 4.93. The Hall–Kier alpha value is -1.10. The fourth-order valence-electron chi connectivity index (χ4n) is 2.16. The van der Waals surface area contributed by atoms with E-state index >= 15 is 0 Å². The number of carbonyl (C=O) groups is 1. The molecule has 0 spiro atoms. The molecule has 0 aliphatic carbocycles. The summed E-state index contributed by atoms with van der Waals surface area (Å²) in [4.78, 5) is 14.2. The Balaban J connectivity index is 2.22. The van der Waals surface area contributed by atoms with Crippen molar-refractivity contribution in [1.82, 2.24) is 4.90 Å². The molecule has 0 bridgehead atoms. The fraction of sp³-hybridized carbons (Fsp3) is 0.500. The van der Waals surface area contributed by atoms with Crippen molar-refractivity contribution in [3.05, 3.63) is 34.3 Å². The van der Waals surface area contributed by atoms with Crippen LogP contribution in [0.5, 0.6) is 0 Å². The highest BCUT2D eigenvalue weighted by molar-refractivity contribution is 6.33. The molecule has 1 aromatic carbocycles.